The van der Waals surface area contributed by atoms with Crippen LogP contribution in [0.1, 0.15) is 15.9 Å². The minimum absolute atomic E-state index is 0.0198. The van der Waals surface area contributed by atoms with Crippen LogP contribution in [0.5, 0.6) is 5.75 Å². The summed E-state index contributed by atoms with van der Waals surface area (Å²) in [6, 6.07) is 9.12. The number of benzene rings is 2. The molecular formula is C14H9Br2FO3. The molecule has 0 heterocycles. The summed E-state index contributed by atoms with van der Waals surface area (Å²) >= 11 is 6.67. The highest BCUT2D eigenvalue weighted by atomic mass is 79.9. The third-order valence-corrected chi connectivity index (χ3v) is 3.69. The Hall–Kier alpha value is -1.40. The molecule has 0 bridgehead atoms. The molecule has 0 amide bonds. The molecule has 0 aliphatic heterocycles. The van der Waals surface area contributed by atoms with Crippen LogP contribution in [-0.4, -0.2) is 11.1 Å². The second kappa shape index (κ2) is 6.37. The quantitative estimate of drug-likeness (QED) is 0.809. The molecule has 0 radical (unpaired) electrons. The zero-order valence-corrected chi connectivity index (χ0v) is 13.2. The highest BCUT2D eigenvalue weighted by molar-refractivity contribution is 9.11. The van der Waals surface area contributed by atoms with Crippen LogP contribution < -0.4 is 4.74 Å². The van der Waals surface area contributed by atoms with E-state index < -0.39 is 11.8 Å². The van der Waals surface area contributed by atoms with Gasteiger partial charge in [0.2, 0.25) is 0 Å². The number of halogens is 3. The molecule has 6 heteroatoms. The van der Waals surface area contributed by atoms with Crippen LogP contribution in [0.4, 0.5) is 4.39 Å². The van der Waals surface area contributed by atoms with Crippen LogP contribution in [0, 0.1) is 5.82 Å². The predicted octanol–water partition coefficient (Wildman–Crippen LogP) is 4.63. The van der Waals surface area contributed by atoms with E-state index in [0.29, 0.717) is 11.3 Å². The maximum absolute atomic E-state index is 13.7. The number of rotatable bonds is 4. The number of ether oxygens (including phenoxy) is 1. The molecule has 0 saturated heterocycles. The van der Waals surface area contributed by atoms with Gasteiger partial charge in [-0.25, -0.2) is 9.18 Å². The fraction of sp³-hybridized carbons (Fsp3) is 0.0714. The summed E-state index contributed by atoms with van der Waals surface area (Å²) in [6.45, 7) is 0.0198. The Balaban J connectivity index is 2.13. The maximum Gasteiger partial charge on any atom is 0.335 e. The van der Waals surface area contributed by atoms with Crippen LogP contribution in [0.2, 0.25) is 0 Å². The van der Waals surface area contributed by atoms with Gasteiger partial charge < -0.3 is 9.84 Å². The normalized spacial score (nSPS) is 10.3. The third kappa shape index (κ3) is 3.58. The molecule has 0 aromatic heterocycles. The van der Waals surface area contributed by atoms with Crippen molar-refractivity contribution in [1.82, 2.24) is 0 Å². The van der Waals surface area contributed by atoms with Crippen molar-refractivity contribution in [1.29, 1.82) is 0 Å². The molecule has 3 nitrogen and oxygen atoms in total. The first-order valence-electron chi connectivity index (χ1n) is 5.57. The average Bonchev–Trinajstić information content (AvgIpc) is 2.38. The largest absolute Gasteiger partial charge is 0.488 e. The van der Waals surface area contributed by atoms with Gasteiger partial charge in [-0.1, -0.05) is 22.0 Å². The first-order chi connectivity index (χ1) is 9.47. The van der Waals surface area contributed by atoms with Crippen LogP contribution in [-0.2, 0) is 6.61 Å². The van der Waals surface area contributed by atoms with Crippen LogP contribution in [0.15, 0.2) is 45.3 Å². The summed E-state index contributed by atoms with van der Waals surface area (Å²) in [5, 5.41) is 8.76. The summed E-state index contributed by atoms with van der Waals surface area (Å²) in [4.78, 5) is 10.7. The SMILES string of the molecule is O=C(O)c1ccc(COc2ccc(Br)cc2Br)c(F)c1. The average molecular weight is 404 g/mol. The minimum Gasteiger partial charge on any atom is -0.488 e. The zero-order valence-electron chi connectivity index (χ0n) is 10.1. The lowest BCUT2D eigenvalue weighted by Crippen LogP contribution is -2.02. The lowest BCUT2D eigenvalue weighted by molar-refractivity contribution is 0.0696. The topological polar surface area (TPSA) is 46.5 Å². The summed E-state index contributed by atoms with van der Waals surface area (Å²) in [5.41, 5.74) is 0.209. The Morgan fingerprint density at radius 2 is 1.95 bits per heavy atom. The number of hydrogen-bond donors (Lipinski definition) is 1. The van der Waals surface area contributed by atoms with E-state index in [1.54, 1.807) is 6.07 Å². The summed E-state index contributed by atoms with van der Waals surface area (Å²) in [6.07, 6.45) is 0. The van der Waals surface area contributed by atoms with Gasteiger partial charge in [0.15, 0.2) is 0 Å². The van der Waals surface area contributed by atoms with Crippen molar-refractivity contribution in [3.05, 3.63) is 62.3 Å². The molecule has 0 spiro atoms. The Morgan fingerprint density at radius 1 is 1.20 bits per heavy atom. The van der Waals surface area contributed by atoms with E-state index in [9.17, 15) is 9.18 Å². The number of carboxylic acid groups (broad SMARTS) is 1. The molecule has 0 saturated carbocycles. The standard InChI is InChI=1S/C14H9Br2FO3/c15-10-3-4-13(11(16)6-10)20-7-9-2-1-8(14(18)19)5-12(9)17/h1-6H,7H2,(H,18,19). The van der Waals surface area contributed by atoms with E-state index in [1.807, 2.05) is 12.1 Å². The van der Waals surface area contributed by atoms with Crippen LogP contribution in [0.25, 0.3) is 0 Å². The molecule has 0 atom stereocenters. The van der Waals surface area contributed by atoms with E-state index >= 15 is 0 Å². The van der Waals surface area contributed by atoms with Crippen molar-refractivity contribution in [3.63, 3.8) is 0 Å². The Bertz CT molecular complexity index is 659. The van der Waals surface area contributed by atoms with Gasteiger partial charge in [0.05, 0.1) is 10.0 Å². The molecule has 2 rings (SSSR count). The third-order valence-electron chi connectivity index (χ3n) is 2.58. The highest BCUT2D eigenvalue weighted by Crippen LogP contribution is 2.29. The second-order valence-corrected chi connectivity index (χ2v) is 5.74. The molecule has 104 valence electrons. The van der Waals surface area contributed by atoms with Gasteiger partial charge >= 0.3 is 5.97 Å². The molecule has 0 aliphatic carbocycles. The van der Waals surface area contributed by atoms with Crippen LogP contribution >= 0.6 is 31.9 Å². The number of carboxylic acids is 1. The molecule has 2 aromatic carbocycles. The summed E-state index contributed by atoms with van der Waals surface area (Å²) < 4.78 is 20.9. The Kier molecular flexibility index (Phi) is 4.77. The van der Waals surface area contributed by atoms with E-state index in [4.69, 9.17) is 9.84 Å². The van der Waals surface area contributed by atoms with Crippen molar-refractivity contribution in [3.8, 4) is 5.75 Å². The van der Waals surface area contributed by atoms with Gasteiger partial charge in [-0.2, -0.15) is 0 Å². The molecule has 0 fully saturated rings. The molecule has 1 N–H and O–H groups in total. The van der Waals surface area contributed by atoms with Crippen molar-refractivity contribution < 1.29 is 19.0 Å². The summed E-state index contributed by atoms with van der Waals surface area (Å²) in [5.74, 6) is -1.18. The van der Waals surface area contributed by atoms with Gasteiger partial charge in [-0.05, 0) is 46.3 Å². The number of carbonyl (C=O) groups is 1. The van der Waals surface area contributed by atoms with E-state index in [-0.39, 0.29) is 12.2 Å². The molecule has 0 aliphatic rings. The Labute approximate surface area is 131 Å². The van der Waals surface area contributed by atoms with Crippen molar-refractivity contribution >= 4 is 37.8 Å². The molecule has 2 aromatic rings. The van der Waals surface area contributed by atoms with Crippen molar-refractivity contribution in [2.45, 2.75) is 6.61 Å². The van der Waals surface area contributed by atoms with E-state index in [0.717, 1.165) is 15.0 Å². The van der Waals surface area contributed by atoms with Gasteiger partial charge in [0.1, 0.15) is 18.2 Å². The molecule has 0 unspecified atom stereocenters. The van der Waals surface area contributed by atoms with Gasteiger partial charge in [0, 0.05) is 10.0 Å². The second-order valence-electron chi connectivity index (χ2n) is 3.97. The minimum atomic E-state index is -1.16. The van der Waals surface area contributed by atoms with Crippen molar-refractivity contribution in [2.24, 2.45) is 0 Å². The van der Waals surface area contributed by atoms with Crippen molar-refractivity contribution in [2.75, 3.05) is 0 Å². The summed E-state index contributed by atoms with van der Waals surface area (Å²) in [7, 11) is 0. The van der Waals surface area contributed by atoms with Crippen LogP contribution in [0.3, 0.4) is 0 Å². The maximum atomic E-state index is 13.7. The fourth-order valence-electron chi connectivity index (χ4n) is 1.55. The lowest BCUT2D eigenvalue weighted by atomic mass is 10.1. The first-order valence-corrected chi connectivity index (χ1v) is 7.15. The number of hydrogen-bond acceptors (Lipinski definition) is 2. The Morgan fingerprint density at radius 3 is 2.55 bits per heavy atom. The van der Waals surface area contributed by atoms with E-state index in [1.165, 1.54) is 12.1 Å². The predicted molar refractivity (Wildman–Crippen MR) is 79.5 cm³/mol. The number of aromatic carboxylic acids is 1. The van der Waals surface area contributed by atoms with Gasteiger partial charge in [-0.3, -0.25) is 0 Å². The zero-order chi connectivity index (χ0) is 14.7. The monoisotopic (exact) mass is 402 g/mol. The van der Waals surface area contributed by atoms with Gasteiger partial charge in [-0.15, -0.1) is 0 Å². The smallest absolute Gasteiger partial charge is 0.335 e. The fourth-order valence-corrected chi connectivity index (χ4v) is 2.71. The molecule has 20 heavy (non-hydrogen) atoms. The van der Waals surface area contributed by atoms with E-state index in [2.05, 4.69) is 31.9 Å². The lowest BCUT2D eigenvalue weighted by Gasteiger charge is -2.09. The van der Waals surface area contributed by atoms with Gasteiger partial charge in [0.25, 0.3) is 0 Å². The highest BCUT2D eigenvalue weighted by Gasteiger charge is 2.09. The first kappa shape index (κ1) is 15.0. The molecular weight excluding hydrogens is 395 g/mol.